The highest BCUT2D eigenvalue weighted by Crippen LogP contribution is 2.29. The third-order valence-corrected chi connectivity index (χ3v) is 4.12. The monoisotopic (exact) mass is 293 g/mol. The Morgan fingerprint density at radius 1 is 1.52 bits per heavy atom. The maximum absolute atomic E-state index is 10.8. The van der Waals surface area contributed by atoms with Gasteiger partial charge in [0.1, 0.15) is 5.82 Å². The molecule has 116 valence electrons. The lowest BCUT2D eigenvalue weighted by Crippen LogP contribution is -2.44. The van der Waals surface area contributed by atoms with Gasteiger partial charge in [0.15, 0.2) is 0 Å². The van der Waals surface area contributed by atoms with Gasteiger partial charge in [-0.1, -0.05) is 6.92 Å². The van der Waals surface area contributed by atoms with Gasteiger partial charge in [-0.3, -0.25) is 4.68 Å². The summed E-state index contributed by atoms with van der Waals surface area (Å²) in [6.45, 7) is 5.81. The molecular weight excluding hydrogens is 270 g/mol. The average Bonchev–Trinajstić information content (AvgIpc) is 2.71. The highest BCUT2D eigenvalue weighted by atomic mass is 16.5. The van der Waals surface area contributed by atoms with Crippen molar-refractivity contribution >= 4 is 17.9 Å². The first-order chi connectivity index (χ1) is 9.93. The molecule has 1 saturated heterocycles. The van der Waals surface area contributed by atoms with Crippen molar-refractivity contribution in [3.63, 3.8) is 0 Å². The van der Waals surface area contributed by atoms with E-state index in [0.29, 0.717) is 5.92 Å². The number of carbonyl (C=O) groups is 1. The van der Waals surface area contributed by atoms with Crippen LogP contribution in [0.2, 0.25) is 0 Å². The molecule has 0 bridgehead atoms. The van der Waals surface area contributed by atoms with Crippen LogP contribution >= 0.6 is 0 Å². The summed E-state index contributed by atoms with van der Waals surface area (Å²) in [5.41, 5.74) is 1.70. The fourth-order valence-corrected chi connectivity index (χ4v) is 2.92. The number of anilines is 1. The van der Waals surface area contributed by atoms with Crippen molar-refractivity contribution in [1.29, 1.82) is 0 Å². The summed E-state index contributed by atoms with van der Waals surface area (Å²) in [7, 11) is 3.63. The molecule has 0 saturated carbocycles. The quantitative estimate of drug-likeness (QED) is 0.856. The van der Waals surface area contributed by atoms with Gasteiger partial charge < -0.3 is 14.7 Å². The van der Waals surface area contributed by atoms with E-state index in [1.54, 1.807) is 13.2 Å². The molecule has 1 aromatic heterocycles. The standard InChI is InChI=1S/C15H23N3O3/c1-10-7-8-18(9-13(10)21-4)15-12(5-6-14(19)20)11(2)16-17(15)3/h5-6,10,13H,7-9H2,1-4H3,(H,19,20)/b6-5+. The third kappa shape index (κ3) is 3.26. The van der Waals surface area contributed by atoms with E-state index in [0.717, 1.165) is 42.7 Å². The van der Waals surface area contributed by atoms with E-state index < -0.39 is 5.97 Å². The molecule has 1 fully saturated rings. The second-order valence-corrected chi connectivity index (χ2v) is 5.60. The molecule has 21 heavy (non-hydrogen) atoms. The van der Waals surface area contributed by atoms with Gasteiger partial charge in [-0.05, 0) is 25.3 Å². The summed E-state index contributed by atoms with van der Waals surface area (Å²) in [6, 6.07) is 0. The third-order valence-electron chi connectivity index (χ3n) is 4.12. The Labute approximate surface area is 125 Å². The lowest BCUT2D eigenvalue weighted by atomic mass is 9.95. The Bertz CT molecular complexity index is 551. The first kappa shape index (κ1) is 15.6. The van der Waals surface area contributed by atoms with Crippen molar-refractivity contribution in [3.8, 4) is 0 Å². The highest BCUT2D eigenvalue weighted by molar-refractivity contribution is 5.87. The van der Waals surface area contributed by atoms with Crippen molar-refractivity contribution in [2.75, 3.05) is 25.1 Å². The SMILES string of the molecule is COC1CN(c2c(/C=C/C(=O)O)c(C)nn2C)CCC1C. The lowest BCUT2D eigenvalue weighted by Gasteiger charge is -2.37. The second-order valence-electron chi connectivity index (χ2n) is 5.60. The zero-order valence-corrected chi connectivity index (χ0v) is 13.0. The van der Waals surface area contributed by atoms with Crippen LogP contribution in [0.5, 0.6) is 0 Å². The minimum Gasteiger partial charge on any atom is -0.478 e. The van der Waals surface area contributed by atoms with Crippen LogP contribution in [0.1, 0.15) is 24.6 Å². The number of methoxy groups -OCH3 is 1. The van der Waals surface area contributed by atoms with Crippen LogP contribution < -0.4 is 4.90 Å². The predicted molar refractivity (Wildman–Crippen MR) is 81.4 cm³/mol. The lowest BCUT2D eigenvalue weighted by molar-refractivity contribution is -0.131. The maximum atomic E-state index is 10.8. The zero-order chi connectivity index (χ0) is 15.6. The number of hydrogen-bond donors (Lipinski definition) is 1. The number of aryl methyl sites for hydroxylation is 2. The summed E-state index contributed by atoms with van der Waals surface area (Å²) in [6.07, 6.45) is 4.02. The number of hydrogen-bond acceptors (Lipinski definition) is 4. The Kier molecular flexibility index (Phi) is 4.67. The van der Waals surface area contributed by atoms with Crippen LogP contribution in [0.4, 0.5) is 5.82 Å². The average molecular weight is 293 g/mol. The van der Waals surface area contributed by atoms with Gasteiger partial charge in [0.2, 0.25) is 0 Å². The van der Waals surface area contributed by atoms with Gasteiger partial charge in [-0.25, -0.2) is 4.79 Å². The molecule has 2 heterocycles. The first-order valence-electron chi connectivity index (χ1n) is 7.16. The van der Waals surface area contributed by atoms with Crippen LogP contribution in [0.15, 0.2) is 6.08 Å². The molecule has 6 heteroatoms. The molecule has 2 unspecified atom stereocenters. The molecule has 0 radical (unpaired) electrons. The fourth-order valence-electron chi connectivity index (χ4n) is 2.92. The van der Waals surface area contributed by atoms with Crippen molar-refractivity contribution in [3.05, 3.63) is 17.3 Å². The molecular formula is C15H23N3O3. The van der Waals surface area contributed by atoms with Crippen molar-refractivity contribution < 1.29 is 14.6 Å². The van der Waals surface area contributed by atoms with E-state index in [-0.39, 0.29) is 6.10 Å². The zero-order valence-electron chi connectivity index (χ0n) is 13.0. The molecule has 0 amide bonds. The minimum absolute atomic E-state index is 0.185. The topological polar surface area (TPSA) is 67.6 Å². The summed E-state index contributed by atoms with van der Waals surface area (Å²) in [5, 5.41) is 13.3. The largest absolute Gasteiger partial charge is 0.478 e. The van der Waals surface area contributed by atoms with Gasteiger partial charge in [0.25, 0.3) is 0 Å². The van der Waals surface area contributed by atoms with Crippen LogP contribution in [-0.2, 0) is 16.6 Å². The van der Waals surface area contributed by atoms with Crippen LogP contribution in [-0.4, -0.2) is 47.2 Å². The van der Waals surface area contributed by atoms with Crippen molar-refractivity contribution in [1.82, 2.24) is 9.78 Å². The van der Waals surface area contributed by atoms with E-state index in [1.165, 1.54) is 0 Å². The molecule has 1 aromatic rings. The minimum atomic E-state index is -0.953. The molecule has 2 rings (SSSR count). The molecule has 1 aliphatic rings. The summed E-state index contributed by atoms with van der Waals surface area (Å²) < 4.78 is 7.38. The van der Waals surface area contributed by atoms with Gasteiger partial charge in [0.05, 0.1) is 11.8 Å². The molecule has 6 nitrogen and oxygen atoms in total. The molecule has 1 N–H and O–H groups in total. The number of nitrogens with zero attached hydrogens (tertiary/aromatic N) is 3. The Morgan fingerprint density at radius 3 is 2.86 bits per heavy atom. The summed E-state index contributed by atoms with van der Waals surface area (Å²) >= 11 is 0. The molecule has 2 atom stereocenters. The van der Waals surface area contributed by atoms with Crippen LogP contribution in [0.3, 0.4) is 0 Å². The van der Waals surface area contributed by atoms with Crippen LogP contribution in [0.25, 0.3) is 6.08 Å². The normalized spacial score (nSPS) is 23.0. The summed E-state index contributed by atoms with van der Waals surface area (Å²) in [4.78, 5) is 13.0. The highest BCUT2D eigenvalue weighted by Gasteiger charge is 2.29. The van der Waals surface area contributed by atoms with Crippen LogP contribution in [0, 0.1) is 12.8 Å². The maximum Gasteiger partial charge on any atom is 0.328 e. The number of aromatic nitrogens is 2. The van der Waals surface area contributed by atoms with Gasteiger partial charge in [0, 0.05) is 38.9 Å². The second kappa shape index (κ2) is 6.30. The van der Waals surface area contributed by atoms with E-state index in [9.17, 15) is 4.79 Å². The predicted octanol–water partition coefficient (Wildman–Crippen LogP) is 1.69. The Hall–Kier alpha value is -1.82. The van der Waals surface area contributed by atoms with Crippen molar-refractivity contribution in [2.24, 2.45) is 13.0 Å². The number of piperidine rings is 1. The first-order valence-corrected chi connectivity index (χ1v) is 7.16. The molecule has 1 aliphatic heterocycles. The van der Waals surface area contributed by atoms with Gasteiger partial charge >= 0.3 is 5.97 Å². The Morgan fingerprint density at radius 2 is 2.24 bits per heavy atom. The number of rotatable bonds is 4. The number of aliphatic carboxylic acids is 1. The number of ether oxygens (including phenoxy) is 1. The number of carboxylic acid groups (broad SMARTS) is 1. The molecule has 0 spiro atoms. The molecule has 0 aliphatic carbocycles. The van der Waals surface area contributed by atoms with E-state index in [2.05, 4.69) is 16.9 Å². The Balaban J connectivity index is 2.32. The summed E-state index contributed by atoms with van der Waals surface area (Å²) in [5.74, 6) is 0.531. The number of carboxylic acids is 1. The fraction of sp³-hybridized carbons (Fsp3) is 0.600. The molecule has 0 aromatic carbocycles. The smallest absolute Gasteiger partial charge is 0.328 e. The van der Waals surface area contributed by atoms with Gasteiger partial charge in [-0.15, -0.1) is 0 Å². The van der Waals surface area contributed by atoms with E-state index >= 15 is 0 Å². The van der Waals surface area contributed by atoms with Crippen molar-refractivity contribution in [2.45, 2.75) is 26.4 Å². The van der Waals surface area contributed by atoms with E-state index in [4.69, 9.17) is 9.84 Å². The van der Waals surface area contributed by atoms with Gasteiger partial charge in [-0.2, -0.15) is 5.10 Å². The van der Waals surface area contributed by atoms with E-state index in [1.807, 2.05) is 18.7 Å².